The van der Waals surface area contributed by atoms with Gasteiger partial charge in [-0.1, -0.05) is 11.6 Å². The van der Waals surface area contributed by atoms with Crippen molar-refractivity contribution in [2.24, 2.45) is 5.92 Å². The normalized spacial score (nSPS) is 21.7. The van der Waals surface area contributed by atoms with Gasteiger partial charge in [-0.3, -0.25) is 9.59 Å². The first-order valence-electron chi connectivity index (χ1n) is 11.4. The van der Waals surface area contributed by atoms with Gasteiger partial charge in [0.2, 0.25) is 15.9 Å². The molecule has 0 radical (unpaired) electrons. The Morgan fingerprint density at radius 1 is 1.28 bits per heavy atom. The van der Waals surface area contributed by atoms with E-state index in [4.69, 9.17) is 4.74 Å². The van der Waals surface area contributed by atoms with Gasteiger partial charge in [0.15, 0.2) is 6.61 Å². The van der Waals surface area contributed by atoms with Crippen LogP contribution in [0, 0.1) is 12.8 Å². The third kappa shape index (κ3) is 4.99. The van der Waals surface area contributed by atoms with Crippen molar-refractivity contribution in [3.8, 4) is 5.75 Å². The number of sulfonamides is 1. The zero-order valence-corrected chi connectivity index (χ0v) is 19.3. The third-order valence-corrected chi connectivity index (χ3v) is 8.42. The number of hydrogen-bond acceptors (Lipinski definition) is 5. The SMILES string of the molecule is Cc1cc2c(cc1S(=O)(=O)N1CCC[C@H](C(=O)NCCC3=CCCCC3)C1)OCC(=O)N2. The fraction of sp³-hybridized carbons (Fsp3) is 0.565. The van der Waals surface area contributed by atoms with Gasteiger partial charge in [-0.15, -0.1) is 0 Å². The lowest BCUT2D eigenvalue weighted by atomic mass is 9.96. The Kier molecular flexibility index (Phi) is 6.85. The molecule has 1 aromatic carbocycles. The topological polar surface area (TPSA) is 105 Å². The molecule has 0 aromatic heterocycles. The molecular weight excluding hydrogens is 430 g/mol. The van der Waals surface area contributed by atoms with Crippen molar-refractivity contribution in [1.82, 2.24) is 9.62 Å². The van der Waals surface area contributed by atoms with E-state index in [0.717, 1.165) is 19.3 Å². The highest BCUT2D eigenvalue weighted by Gasteiger charge is 2.35. The third-order valence-electron chi connectivity index (χ3n) is 6.41. The summed E-state index contributed by atoms with van der Waals surface area (Å²) in [4.78, 5) is 24.4. The van der Waals surface area contributed by atoms with Crippen LogP contribution in [-0.2, 0) is 19.6 Å². The van der Waals surface area contributed by atoms with E-state index in [2.05, 4.69) is 16.7 Å². The van der Waals surface area contributed by atoms with Crippen molar-refractivity contribution >= 4 is 27.5 Å². The smallest absolute Gasteiger partial charge is 0.262 e. The highest BCUT2D eigenvalue weighted by atomic mass is 32.2. The molecule has 8 nitrogen and oxygen atoms in total. The van der Waals surface area contributed by atoms with Gasteiger partial charge in [0.1, 0.15) is 5.75 Å². The Morgan fingerprint density at radius 2 is 2.12 bits per heavy atom. The number of rotatable bonds is 6. The van der Waals surface area contributed by atoms with Crippen molar-refractivity contribution in [3.63, 3.8) is 0 Å². The quantitative estimate of drug-likeness (QED) is 0.634. The molecule has 1 fully saturated rings. The van der Waals surface area contributed by atoms with Crippen LogP contribution in [0.5, 0.6) is 5.75 Å². The molecule has 1 aliphatic carbocycles. The number of ether oxygens (including phenoxy) is 1. The highest BCUT2D eigenvalue weighted by Crippen LogP contribution is 2.35. The fourth-order valence-electron chi connectivity index (χ4n) is 4.63. The fourth-order valence-corrected chi connectivity index (χ4v) is 6.38. The van der Waals surface area contributed by atoms with Gasteiger partial charge in [-0.2, -0.15) is 4.31 Å². The van der Waals surface area contributed by atoms with Gasteiger partial charge in [0.05, 0.1) is 16.5 Å². The highest BCUT2D eigenvalue weighted by molar-refractivity contribution is 7.89. The van der Waals surface area contributed by atoms with Crippen LogP contribution in [0.1, 0.15) is 50.5 Å². The number of piperidine rings is 1. The summed E-state index contributed by atoms with van der Waals surface area (Å²) in [5.74, 6) is -0.351. The van der Waals surface area contributed by atoms with Crippen molar-refractivity contribution in [2.45, 2.75) is 56.8 Å². The van der Waals surface area contributed by atoms with Crippen LogP contribution in [0.15, 0.2) is 28.7 Å². The number of hydrogen-bond donors (Lipinski definition) is 2. The number of nitrogens with zero attached hydrogens (tertiary/aromatic N) is 1. The summed E-state index contributed by atoms with van der Waals surface area (Å²) in [6.07, 6.45) is 9.16. The van der Waals surface area contributed by atoms with Crippen molar-refractivity contribution in [1.29, 1.82) is 0 Å². The lowest BCUT2D eigenvalue weighted by Crippen LogP contribution is -2.45. The Morgan fingerprint density at radius 3 is 2.91 bits per heavy atom. The second-order valence-corrected chi connectivity index (χ2v) is 10.7. The van der Waals surface area contributed by atoms with Crippen molar-refractivity contribution in [3.05, 3.63) is 29.3 Å². The van der Waals surface area contributed by atoms with Gasteiger partial charge >= 0.3 is 0 Å². The standard InChI is InChI=1S/C23H31N3O5S/c1-16-12-19-20(31-15-22(27)25-19)13-21(16)32(29,30)26-11-5-8-18(14-26)23(28)24-10-9-17-6-3-2-4-7-17/h6,12-13,18H,2-5,7-11,14-15H2,1H3,(H,24,28)(H,25,27)/t18-/m0/s1. The van der Waals surface area contributed by atoms with E-state index in [9.17, 15) is 18.0 Å². The maximum atomic E-state index is 13.4. The molecule has 2 aliphatic heterocycles. The molecular formula is C23H31N3O5S. The number of aryl methyl sites for hydroxylation is 1. The minimum absolute atomic E-state index is 0.0745. The van der Waals surface area contributed by atoms with Crippen LogP contribution in [-0.4, -0.2) is 50.8 Å². The second-order valence-electron chi connectivity index (χ2n) is 8.80. The predicted molar refractivity (Wildman–Crippen MR) is 121 cm³/mol. The number of fused-ring (bicyclic) bond motifs is 1. The van der Waals surface area contributed by atoms with E-state index in [0.29, 0.717) is 42.9 Å². The van der Waals surface area contributed by atoms with Gasteiger partial charge in [-0.25, -0.2) is 8.42 Å². The zero-order chi connectivity index (χ0) is 22.7. The maximum absolute atomic E-state index is 13.4. The molecule has 2 amide bonds. The van der Waals surface area contributed by atoms with Crippen molar-refractivity contribution < 1.29 is 22.7 Å². The largest absolute Gasteiger partial charge is 0.482 e. The van der Waals surface area contributed by atoms with Crippen LogP contribution in [0.25, 0.3) is 0 Å². The first-order chi connectivity index (χ1) is 15.3. The number of carbonyl (C=O) groups excluding carboxylic acids is 2. The summed E-state index contributed by atoms with van der Waals surface area (Å²) >= 11 is 0. The van der Waals surface area contributed by atoms with Gasteiger partial charge in [0, 0.05) is 25.7 Å². The molecule has 4 rings (SSSR count). The molecule has 1 atom stereocenters. The Bertz CT molecular complexity index is 1030. The van der Waals surface area contributed by atoms with E-state index < -0.39 is 10.0 Å². The molecule has 0 bridgehead atoms. The van der Waals surface area contributed by atoms with Gasteiger partial charge in [-0.05, 0) is 63.5 Å². The Hall–Kier alpha value is -2.39. The summed E-state index contributed by atoms with van der Waals surface area (Å²) in [7, 11) is -3.79. The second kappa shape index (κ2) is 9.62. The zero-order valence-electron chi connectivity index (χ0n) is 18.5. The monoisotopic (exact) mass is 461 g/mol. The summed E-state index contributed by atoms with van der Waals surface area (Å²) in [5, 5.41) is 5.70. The van der Waals surface area contributed by atoms with Crippen LogP contribution in [0.3, 0.4) is 0 Å². The number of anilines is 1. The van der Waals surface area contributed by atoms with Crippen LogP contribution >= 0.6 is 0 Å². The number of allylic oxidation sites excluding steroid dienone is 1. The minimum atomic E-state index is -3.79. The van der Waals surface area contributed by atoms with Crippen LogP contribution < -0.4 is 15.4 Å². The molecule has 0 unspecified atom stereocenters. The van der Waals surface area contributed by atoms with E-state index in [1.54, 1.807) is 13.0 Å². The molecule has 2 heterocycles. The minimum Gasteiger partial charge on any atom is -0.482 e. The average molecular weight is 462 g/mol. The van der Waals surface area contributed by atoms with Gasteiger partial charge < -0.3 is 15.4 Å². The number of benzene rings is 1. The summed E-state index contributed by atoms with van der Waals surface area (Å²) < 4.78 is 33.6. The lowest BCUT2D eigenvalue weighted by Gasteiger charge is -2.32. The molecule has 1 aromatic rings. The number of nitrogens with one attached hydrogen (secondary N) is 2. The molecule has 3 aliphatic rings. The summed E-state index contributed by atoms with van der Waals surface area (Å²) in [5.41, 5.74) is 2.41. The average Bonchev–Trinajstić information content (AvgIpc) is 2.79. The van der Waals surface area contributed by atoms with Crippen LogP contribution in [0.2, 0.25) is 0 Å². The summed E-state index contributed by atoms with van der Waals surface area (Å²) in [6.45, 7) is 2.71. The van der Waals surface area contributed by atoms with E-state index in [1.165, 1.54) is 28.8 Å². The molecule has 0 saturated carbocycles. The molecule has 1 saturated heterocycles. The number of carbonyl (C=O) groups is 2. The van der Waals surface area contributed by atoms with E-state index in [1.807, 2.05) is 0 Å². The van der Waals surface area contributed by atoms with E-state index in [-0.39, 0.29) is 35.8 Å². The Balaban J connectivity index is 1.41. The predicted octanol–water partition coefficient (Wildman–Crippen LogP) is 2.73. The van der Waals surface area contributed by atoms with E-state index >= 15 is 0 Å². The van der Waals surface area contributed by atoms with Crippen LogP contribution in [0.4, 0.5) is 5.69 Å². The Labute approximate surface area is 189 Å². The molecule has 32 heavy (non-hydrogen) atoms. The first-order valence-corrected chi connectivity index (χ1v) is 12.8. The summed E-state index contributed by atoms with van der Waals surface area (Å²) in [6, 6.07) is 3.09. The number of amides is 2. The van der Waals surface area contributed by atoms with Gasteiger partial charge in [0.25, 0.3) is 5.91 Å². The molecule has 2 N–H and O–H groups in total. The van der Waals surface area contributed by atoms with Crippen molar-refractivity contribution in [2.75, 3.05) is 31.6 Å². The molecule has 9 heteroatoms. The maximum Gasteiger partial charge on any atom is 0.262 e. The molecule has 0 spiro atoms. The first kappa shape index (κ1) is 22.8. The molecule has 174 valence electrons. The lowest BCUT2D eigenvalue weighted by molar-refractivity contribution is -0.126.